The summed E-state index contributed by atoms with van der Waals surface area (Å²) in [5, 5.41) is 8.96. The number of anilines is 1. The van der Waals surface area contributed by atoms with Crippen molar-refractivity contribution in [3.05, 3.63) is 31.0 Å². The molecular weight excluding hydrogens is 394 g/mol. The normalized spacial score (nSPS) is 25.9. The van der Waals surface area contributed by atoms with Crippen LogP contribution in [0, 0.1) is 5.92 Å². The molecule has 2 unspecified atom stereocenters. The molecule has 7 rings (SSSR count). The monoisotopic (exact) mass is 419 g/mol. The van der Waals surface area contributed by atoms with E-state index in [1.807, 2.05) is 21.6 Å². The van der Waals surface area contributed by atoms with E-state index in [1.54, 1.807) is 6.33 Å². The SMILES string of the molecule is O=C(C1CC1)N1C2CCC1CN(c1ncnn3cc(-c4cnn(C5COC5)c4)cc13)C2. The van der Waals surface area contributed by atoms with E-state index >= 15 is 0 Å². The summed E-state index contributed by atoms with van der Waals surface area (Å²) in [6, 6.07) is 3.10. The van der Waals surface area contributed by atoms with Gasteiger partial charge in [0.25, 0.3) is 0 Å². The number of nitrogens with zero attached hydrogens (tertiary/aromatic N) is 7. The Bertz CT molecular complexity index is 1150. The molecule has 2 atom stereocenters. The maximum absolute atomic E-state index is 12.8. The van der Waals surface area contributed by atoms with Gasteiger partial charge in [-0.05, 0) is 31.7 Å². The predicted octanol–water partition coefficient (Wildman–Crippen LogP) is 1.75. The number of amides is 1. The second-order valence-electron chi connectivity index (χ2n) is 9.35. The standard InChI is InChI=1S/C22H25N7O2/c30-22(14-1-2-14)29-17-3-4-18(29)10-26(9-17)21-20-5-15(7-28(20)25-13-23-21)16-6-24-27(8-16)19-11-31-12-19/h5-8,13-14,17-19H,1-4,9-12H2. The smallest absolute Gasteiger partial charge is 0.226 e. The summed E-state index contributed by atoms with van der Waals surface area (Å²) in [4.78, 5) is 22.0. The van der Waals surface area contributed by atoms with Crippen molar-refractivity contribution in [2.24, 2.45) is 5.92 Å². The van der Waals surface area contributed by atoms with Crippen LogP contribution in [-0.4, -0.2) is 73.6 Å². The summed E-state index contributed by atoms with van der Waals surface area (Å²) >= 11 is 0. The minimum Gasteiger partial charge on any atom is -0.377 e. The fraction of sp³-hybridized carbons (Fsp3) is 0.545. The highest BCUT2D eigenvalue weighted by Crippen LogP contribution is 2.39. The van der Waals surface area contributed by atoms with Gasteiger partial charge in [0.15, 0.2) is 5.82 Å². The molecule has 4 aliphatic rings. The summed E-state index contributed by atoms with van der Waals surface area (Å²) in [5.74, 6) is 1.64. The van der Waals surface area contributed by atoms with E-state index < -0.39 is 0 Å². The molecule has 0 N–H and O–H groups in total. The fourth-order valence-corrected chi connectivity index (χ4v) is 5.36. The van der Waals surface area contributed by atoms with Crippen LogP contribution < -0.4 is 4.90 Å². The van der Waals surface area contributed by atoms with Gasteiger partial charge < -0.3 is 14.5 Å². The van der Waals surface area contributed by atoms with Crippen LogP contribution in [0.3, 0.4) is 0 Å². The van der Waals surface area contributed by atoms with Crippen LogP contribution in [0.25, 0.3) is 16.6 Å². The van der Waals surface area contributed by atoms with Crippen molar-refractivity contribution in [2.45, 2.75) is 43.8 Å². The highest BCUT2D eigenvalue weighted by Gasteiger charge is 2.46. The van der Waals surface area contributed by atoms with Gasteiger partial charge in [-0.15, -0.1) is 0 Å². The molecule has 3 aliphatic heterocycles. The largest absolute Gasteiger partial charge is 0.377 e. The fourth-order valence-electron chi connectivity index (χ4n) is 5.36. The molecule has 160 valence electrons. The molecule has 31 heavy (non-hydrogen) atoms. The molecule has 2 bridgehead atoms. The van der Waals surface area contributed by atoms with Crippen LogP contribution in [0.5, 0.6) is 0 Å². The highest BCUT2D eigenvalue weighted by atomic mass is 16.5. The lowest BCUT2D eigenvalue weighted by Gasteiger charge is -2.41. The lowest BCUT2D eigenvalue weighted by Crippen LogP contribution is -2.56. The molecule has 9 nitrogen and oxygen atoms in total. The Morgan fingerprint density at radius 3 is 2.48 bits per heavy atom. The van der Waals surface area contributed by atoms with E-state index in [9.17, 15) is 4.79 Å². The summed E-state index contributed by atoms with van der Waals surface area (Å²) in [6.07, 6.45) is 12.0. The van der Waals surface area contributed by atoms with E-state index in [0.717, 1.165) is 74.4 Å². The number of carbonyl (C=O) groups excluding carboxylic acids is 1. The Balaban J connectivity index is 1.19. The van der Waals surface area contributed by atoms with Crippen molar-refractivity contribution in [3.63, 3.8) is 0 Å². The van der Waals surface area contributed by atoms with Crippen LogP contribution in [0.2, 0.25) is 0 Å². The first-order valence-corrected chi connectivity index (χ1v) is 11.3. The highest BCUT2D eigenvalue weighted by molar-refractivity contribution is 5.83. The van der Waals surface area contributed by atoms with Crippen molar-refractivity contribution in [1.29, 1.82) is 0 Å². The number of ether oxygens (including phenoxy) is 1. The molecule has 3 aromatic rings. The molecule has 1 saturated carbocycles. The van der Waals surface area contributed by atoms with E-state index in [2.05, 4.69) is 37.2 Å². The Hall–Kier alpha value is -2.94. The number of fused-ring (bicyclic) bond motifs is 3. The number of carbonyl (C=O) groups is 1. The maximum atomic E-state index is 12.8. The van der Waals surface area contributed by atoms with Gasteiger partial charge in [-0.1, -0.05) is 0 Å². The number of hydrogen-bond donors (Lipinski definition) is 0. The van der Waals surface area contributed by atoms with Crippen LogP contribution in [0.4, 0.5) is 5.82 Å². The lowest BCUT2D eigenvalue weighted by molar-refractivity contribution is -0.135. The van der Waals surface area contributed by atoms with Gasteiger partial charge in [-0.25, -0.2) is 9.50 Å². The van der Waals surface area contributed by atoms with Crippen LogP contribution in [0.1, 0.15) is 31.7 Å². The molecular formula is C22H25N7O2. The van der Waals surface area contributed by atoms with Crippen LogP contribution in [-0.2, 0) is 9.53 Å². The molecule has 0 radical (unpaired) electrons. The van der Waals surface area contributed by atoms with Gasteiger partial charge in [0.2, 0.25) is 5.91 Å². The van der Waals surface area contributed by atoms with E-state index in [1.165, 1.54) is 0 Å². The van der Waals surface area contributed by atoms with Crippen LogP contribution >= 0.6 is 0 Å². The molecule has 9 heteroatoms. The van der Waals surface area contributed by atoms with Crippen molar-refractivity contribution >= 4 is 17.2 Å². The Morgan fingerprint density at radius 2 is 1.77 bits per heavy atom. The van der Waals surface area contributed by atoms with Gasteiger partial charge in [0, 0.05) is 54.6 Å². The van der Waals surface area contributed by atoms with Crippen molar-refractivity contribution in [3.8, 4) is 11.1 Å². The van der Waals surface area contributed by atoms with Gasteiger partial charge in [0.1, 0.15) is 11.8 Å². The zero-order valence-corrected chi connectivity index (χ0v) is 17.3. The minimum absolute atomic E-state index is 0.293. The molecule has 6 heterocycles. The average Bonchev–Trinajstić information content (AvgIpc) is 3.22. The third-order valence-corrected chi connectivity index (χ3v) is 7.28. The third-order valence-electron chi connectivity index (χ3n) is 7.28. The summed E-state index contributed by atoms with van der Waals surface area (Å²) in [5.41, 5.74) is 3.15. The minimum atomic E-state index is 0.293. The molecule has 0 aromatic carbocycles. The summed E-state index contributed by atoms with van der Waals surface area (Å²) < 4.78 is 9.18. The zero-order valence-electron chi connectivity index (χ0n) is 17.3. The first-order chi connectivity index (χ1) is 15.2. The quantitative estimate of drug-likeness (QED) is 0.641. The lowest BCUT2D eigenvalue weighted by atomic mass is 10.1. The molecule has 1 aliphatic carbocycles. The van der Waals surface area contributed by atoms with Crippen LogP contribution in [0.15, 0.2) is 31.0 Å². The van der Waals surface area contributed by atoms with E-state index in [4.69, 9.17) is 4.74 Å². The van der Waals surface area contributed by atoms with Gasteiger partial charge >= 0.3 is 0 Å². The summed E-state index contributed by atoms with van der Waals surface area (Å²) in [6.45, 7) is 3.15. The van der Waals surface area contributed by atoms with Gasteiger partial charge in [-0.2, -0.15) is 10.2 Å². The number of hydrogen-bond acceptors (Lipinski definition) is 6. The predicted molar refractivity (Wildman–Crippen MR) is 113 cm³/mol. The van der Waals surface area contributed by atoms with E-state index in [0.29, 0.717) is 30.0 Å². The zero-order chi connectivity index (χ0) is 20.5. The van der Waals surface area contributed by atoms with Crippen molar-refractivity contribution in [2.75, 3.05) is 31.2 Å². The van der Waals surface area contributed by atoms with Crippen molar-refractivity contribution < 1.29 is 9.53 Å². The Kier molecular flexibility index (Phi) is 3.73. The second-order valence-corrected chi connectivity index (χ2v) is 9.35. The molecule has 3 saturated heterocycles. The number of rotatable bonds is 4. The Morgan fingerprint density at radius 1 is 0.968 bits per heavy atom. The topological polar surface area (TPSA) is 80.8 Å². The first kappa shape index (κ1) is 17.7. The third kappa shape index (κ3) is 2.79. The number of piperazine rings is 1. The maximum Gasteiger partial charge on any atom is 0.226 e. The molecule has 1 amide bonds. The average molecular weight is 419 g/mol. The first-order valence-electron chi connectivity index (χ1n) is 11.3. The molecule has 4 fully saturated rings. The van der Waals surface area contributed by atoms with E-state index in [-0.39, 0.29) is 0 Å². The Labute approximate surface area is 179 Å². The molecule has 3 aromatic heterocycles. The molecule has 0 spiro atoms. The number of aromatic nitrogens is 5. The summed E-state index contributed by atoms with van der Waals surface area (Å²) in [7, 11) is 0. The van der Waals surface area contributed by atoms with Crippen molar-refractivity contribution in [1.82, 2.24) is 29.3 Å². The van der Waals surface area contributed by atoms with Gasteiger partial charge in [-0.3, -0.25) is 9.48 Å². The van der Waals surface area contributed by atoms with Gasteiger partial charge in [0.05, 0.1) is 25.5 Å². The second kappa shape index (κ2) is 6.53.